The molecule has 0 aliphatic rings. The van der Waals surface area contributed by atoms with Crippen LogP contribution in [0, 0.1) is 18.8 Å². The number of ether oxygens (including phenoxy) is 1. The van der Waals surface area contributed by atoms with Gasteiger partial charge in [-0.05, 0) is 37.1 Å². The normalized spacial score (nSPS) is 9.59. The highest BCUT2D eigenvalue weighted by Gasteiger charge is 1.99. The summed E-state index contributed by atoms with van der Waals surface area (Å²) in [6.45, 7) is 4.99. The van der Waals surface area contributed by atoms with Crippen molar-refractivity contribution in [1.82, 2.24) is 0 Å². The fourth-order valence-corrected chi connectivity index (χ4v) is 1.52. The van der Waals surface area contributed by atoms with E-state index in [-0.39, 0.29) is 0 Å². The molecular weight excluding hydrogens is 232 g/mol. The van der Waals surface area contributed by atoms with Gasteiger partial charge in [0.2, 0.25) is 0 Å². The largest absolute Gasteiger partial charge is 0.493 e. The van der Waals surface area contributed by atoms with Crippen LogP contribution in [-0.2, 0) is 0 Å². The molecule has 2 heteroatoms. The smallest absolute Gasteiger partial charge is 0.122 e. The Kier molecular flexibility index (Phi) is 6.58. The van der Waals surface area contributed by atoms with Gasteiger partial charge in [-0.3, -0.25) is 0 Å². The Balaban J connectivity index is 2.63. The highest BCUT2D eigenvalue weighted by molar-refractivity contribution is 6.18. The summed E-state index contributed by atoms with van der Waals surface area (Å²) in [6.07, 6.45) is 2.98. The third-order valence-corrected chi connectivity index (χ3v) is 2.57. The molecule has 0 radical (unpaired) electrons. The zero-order valence-electron chi connectivity index (χ0n) is 10.6. The molecule has 0 aliphatic heterocycles. The van der Waals surface area contributed by atoms with Crippen molar-refractivity contribution in [2.45, 2.75) is 33.1 Å². The van der Waals surface area contributed by atoms with Gasteiger partial charge in [0.05, 0.1) is 6.61 Å². The predicted molar refractivity (Wildman–Crippen MR) is 73.8 cm³/mol. The molecule has 1 aromatic carbocycles. The lowest BCUT2D eigenvalue weighted by Crippen LogP contribution is -1.98. The Morgan fingerprint density at radius 3 is 2.82 bits per heavy atom. The summed E-state index contributed by atoms with van der Waals surface area (Å²) in [7, 11) is 0. The number of aryl methyl sites for hydroxylation is 1. The van der Waals surface area contributed by atoms with Crippen molar-refractivity contribution in [3.63, 3.8) is 0 Å². The predicted octanol–water partition coefficient (Wildman–Crippen LogP) is 4.15. The van der Waals surface area contributed by atoms with Crippen molar-refractivity contribution in [2.24, 2.45) is 0 Å². The van der Waals surface area contributed by atoms with Gasteiger partial charge >= 0.3 is 0 Å². The van der Waals surface area contributed by atoms with Crippen LogP contribution in [0.1, 0.15) is 37.3 Å². The quantitative estimate of drug-likeness (QED) is 0.433. The SMILES string of the molecule is CCCCOc1ccc(C#CCCCl)cc1C. The number of benzene rings is 1. The van der Waals surface area contributed by atoms with E-state index in [1.165, 1.54) is 0 Å². The average Bonchev–Trinajstić information content (AvgIpc) is 2.32. The van der Waals surface area contributed by atoms with Crippen LogP contribution in [0.2, 0.25) is 0 Å². The molecule has 0 spiro atoms. The van der Waals surface area contributed by atoms with Gasteiger partial charge < -0.3 is 4.74 Å². The molecule has 0 amide bonds. The van der Waals surface area contributed by atoms with Gasteiger partial charge in [-0.1, -0.05) is 25.2 Å². The van der Waals surface area contributed by atoms with Crippen molar-refractivity contribution >= 4 is 11.6 Å². The first-order chi connectivity index (χ1) is 8.27. The second kappa shape index (κ2) is 8.03. The monoisotopic (exact) mass is 250 g/mol. The van der Waals surface area contributed by atoms with Crippen LogP contribution in [0.4, 0.5) is 0 Å². The molecule has 0 atom stereocenters. The summed E-state index contributed by atoms with van der Waals surface area (Å²) in [6, 6.07) is 6.05. The minimum absolute atomic E-state index is 0.587. The van der Waals surface area contributed by atoms with E-state index >= 15 is 0 Å². The molecule has 0 saturated carbocycles. The zero-order valence-corrected chi connectivity index (χ0v) is 11.3. The molecule has 0 N–H and O–H groups in total. The Morgan fingerprint density at radius 1 is 1.35 bits per heavy atom. The summed E-state index contributed by atoms with van der Waals surface area (Å²) < 4.78 is 5.69. The Bertz CT molecular complexity index is 401. The lowest BCUT2D eigenvalue weighted by Gasteiger charge is -2.08. The van der Waals surface area contributed by atoms with E-state index in [9.17, 15) is 0 Å². The minimum Gasteiger partial charge on any atom is -0.493 e. The summed E-state index contributed by atoms with van der Waals surface area (Å²) in [5.41, 5.74) is 2.16. The van der Waals surface area contributed by atoms with Crippen LogP contribution in [0.5, 0.6) is 5.75 Å². The third-order valence-electron chi connectivity index (χ3n) is 2.38. The van der Waals surface area contributed by atoms with E-state index in [0.29, 0.717) is 5.88 Å². The van der Waals surface area contributed by atoms with Crippen LogP contribution in [0.15, 0.2) is 18.2 Å². The summed E-state index contributed by atoms with van der Waals surface area (Å²) in [5.74, 6) is 7.67. The maximum Gasteiger partial charge on any atom is 0.122 e. The Labute approximate surface area is 109 Å². The van der Waals surface area contributed by atoms with E-state index < -0.39 is 0 Å². The molecule has 0 aromatic heterocycles. The molecule has 1 aromatic rings. The first-order valence-corrected chi connectivity index (χ1v) is 6.59. The lowest BCUT2D eigenvalue weighted by atomic mass is 10.1. The molecule has 0 fully saturated rings. The van der Waals surface area contributed by atoms with Gasteiger partial charge in [-0.2, -0.15) is 0 Å². The number of rotatable bonds is 5. The van der Waals surface area contributed by atoms with E-state index in [2.05, 4.69) is 24.8 Å². The van der Waals surface area contributed by atoms with E-state index in [1.54, 1.807) is 0 Å². The lowest BCUT2D eigenvalue weighted by molar-refractivity contribution is 0.307. The van der Waals surface area contributed by atoms with E-state index in [1.807, 2.05) is 19.1 Å². The third kappa shape index (κ3) is 5.15. The molecule has 0 heterocycles. The maximum absolute atomic E-state index is 5.69. The van der Waals surface area contributed by atoms with Crippen molar-refractivity contribution < 1.29 is 4.74 Å². The molecule has 1 rings (SSSR count). The summed E-state index contributed by atoms with van der Waals surface area (Å²) >= 11 is 5.57. The Morgan fingerprint density at radius 2 is 2.18 bits per heavy atom. The minimum atomic E-state index is 0.587. The Hall–Kier alpha value is -1.13. The van der Waals surface area contributed by atoms with Crippen LogP contribution in [0.25, 0.3) is 0 Å². The van der Waals surface area contributed by atoms with Crippen LogP contribution in [-0.4, -0.2) is 12.5 Å². The second-order valence-corrected chi connectivity index (χ2v) is 4.30. The molecule has 0 aliphatic carbocycles. The van der Waals surface area contributed by atoms with Crippen molar-refractivity contribution in [2.75, 3.05) is 12.5 Å². The molecule has 92 valence electrons. The van der Waals surface area contributed by atoms with Crippen LogP contribution >= 0.6 is 11.6 Å². The van der Waals surface area contributed by atoms with Gasteiger partial charge in [0.15, 0.2) is 0 Å². The number of hydrogen-bond donors (Lipinski definition) is 0. The number of alkyl halides is 1. The fraction of sp³-hybridized carbons (Fsp3) is 0.467. The standard InChI is InChI=1S/C15H19ClO/c1-3-4-11-17-15-9-8-14(12-13(15)2)7-5-6-10-16/h8-9,12H,3-4,6,10-11H2,1-2H3. The molecule has 1 nitrogen and oxygen atoms in total. The molecular formula is C15H19ClO. The highest BCUT2D eigenvalue weighted by Crippen LogP contribution is 2.19. The maximum atomic E-state index is 5.69. The molecule has 0 bridgehead atoms. The number of halogens is 1. The second-order valence-electron chi connectivity index (χ2n) is 3.92. The topological polar surface area (TPSA) is 9.23 Å². The van der Waals surface area contributed by atoms with Gasteiger partial charge in [0.25, 0.3) is 0 Å². The highest BCUT2D eigenvalue weighted by atomic mass is 35.5. The molecule has 0 saturated heterocycles. The van der Waals surface area contributed by atoms with E-state index in [0.717, 1.165) is 42.7 Å². The first kappa shape index (κ1) is 13.9. The van der Waals surface area contributed by atoms with Crippen molar-refractivity contribution in [3.8, 4) is 17.6 Å². The molecule has 0 unspecified atom stereocenters. The van der Waals surface area contributed by atoms with Crippen LogP contribution < -0.4 is 4.74 Å². The number of hydrogen-bond acceptors (Lipinski definition) is 1. The van der Waals surface area contributed by atoms with Crippen molar-refractivity contribution in [1.29, 1.82) is 0 Å². The molecule has 17 heavy (non-hydrogen) atoms. The summed E-state index contributed by atoms with van der Waals surface area (Å²) in [4.78, 5) is 0. The first-order valence-electron chi connectivity index (χ1n) is 6.06. The van der Waals surface area contributed by atoms with E-state index in [4.69, 9.17) is 16.3 Å². The van der Waals surface area contributed by atoms with Crippen LogP contribution in [0.3, 0.4) is 0 Å². The van der Waals surface area contributed by atoms with Gasteiger partial charge in [0, 0.05) is 17.9 Å². The van der Waals surface area contributed by atoms with Gasteiger partial charge in [-0.25, -0.2) is 0 Å². The number of unbranched alkanes of at least 4 members (excludes halogenated alkanes) is 1. The zero-order chi connectivity index (χ0) is 12.5. The van der Waals surface area contributed by atoms with Crippen molar-refractivity contribution in [3.05, 3.63) is 29.3 Å². The average molecular weight is 251 g/mol. The van der Waals surface area contributed by atoms with Gasteiger partial charge in [-0.15, -0.1) is 11.6 Å². The van der Waals surface area contributed by atoms with Gasteiger partial charge in [0.1, 0.15) is 5.75 Å². The summed E-state index contributed by atoms with van der Waals surface area (Å²) in [5, 5.41) is 0. The fourth-order valence-electron chi connectivity index (χ4n) is 1.43.